The third-order valence-electron chi connectivity index (χ3n) is 2.56. The third-order valence-corrected chi connectivity index (χ3v) is 3.19. The van der Waals surface area contributed by atoms with Crippen LogP contribution in [0, 0.1) is 5.92 Å². The number of hydrogen-bond acceptors (Lipinski definition) is 2. The average Bonchev–Trinajstić information content (AvgIpc) is 2.93. The summed E-state index contributed by atoms with van der Waals surface area (Å²) in [6, 6.07) is 2.56. The first-order chi connectivity index (χ1) is 6.75. The molecule has 76 valence electrons. The normalized spacial score (nSPS) is 17.9. The van der Waals surface area contributed by atoms with Gasteiger partial charge >= 0.3 is 0 Å². The summed E-state index contributed by atoms with van der Waals surface area (Å²) in [6.07, 6.45) is 7.77. The minimum absolute atomic E-state index is 0.557. The van der Waals surface area contributed by atoms with Gasteiger partial charge in [-0.2, -0.15) is 0 Å². The van der Waals surface area contributed by atoms with Crippen molar-refractivity contribution in [2.45, 2.75) is 32.2 Å². The zero-order chi connectivity index (χ0) is 9.97. The number of rotatable bonds is 4. The van der Waals surface area contributed by atoms with Crippen LogP contribution >= 0.6 is 15.9 Å². The highest BCUT2D eigenvalue weighted by atomic mass is 79.9. The molecule has 0 amide bonds. The van der Waals surface area contributed by atoms with Crippen molar-refractivity contribution in [1.29, 1.82) is 0 Å². The summed E-state index contributed by atoms with van der Waals surface area (Å²) in [4.78, 5) is 4.04. The molecule has 0 bridgehead atoms. The maximum Gasteiger partial charge on any atom is 0.0590 e. The van der Waals surface area contributed by atoms with E-state index in [1.807, 2.05) is 18.5 Å². The zero-order valence-electron chi connectivity index (χ0n) is 8.33. The molecular weight excluding hydrogens is 240 g/mol. The smallest absolute Gasteiger partial charge is 0.0590 e. The van der Waals surface area contributed by atoms with Crippen LogP contribution in [-0.4, -0.2) is 11.0 Å². The van der Waals surface area contributed by atoms with Gasteiger partial charge in [-0.3, -0.25) is 4.98 Å². The lowest BCUT2D eigenvalue weighted by Crippen LogP contribution is -2.15. The van der Waals surface area contributed by atoms with Crippen LogP contribution in [0.5, 0.6) is 0 Å². The molecular formula is C11H15BrN2. The molecule has 1 atom stereocenters. The van der Waals surface area contributed by atoms with Gasteiger partial charge in [-0.25, -0.2) is 0 Å². The minimum atomic E-state index is 0.557. The highest BCUT2D eigenvalue weighted by Crippen LogP contribution is 2.34. The molecule has 0 spiro atoms. The number of pyridine rings is 1. The van der Waals surface area contributed by atoms with Crippen molar-refractivity contribution in [3.8, 4) is 0 Å². The van der Waals surface area contributed by atoms with Crippen molar-refractivity contribution >= 4 is 21.6 Å². The fourth-order valence-electron chi connectivity index (χ4n) is 1.67. The highest BCUT2D eigenvalue weighted by Gasteiger charge is 2.23. The number of halogens is 1. The molecule has 1 N–H and O–H groups in total. The van der Waals surface area contributed by atoms with Gasteiger partial charge < -0.3 is 5.32 Å². The fraction of sp³-hybridized carbons (Fsp3) is 0.545. The lowest BCUT2D eigenvalue weighted by atomic mass is 10.1. The van der Waals surface area contributed by atoms with Gasteiger partial charge in [-0.15, -0.1) is 0 Å². The van der Waals surface area contributed by atoms with Crippen LogP contribution in [0.4, 0.5) is 5.69 Å². The Labute approximate surface area is 93.3 Å². The van der Waals surface area contributed by atoms with Gasteiger partial charge in [0, 0.05) is 18.4 Å². The summed E-state index contributed by atoms with van der Waals surface area (Å²) in [5.74, 6) is 0.970. The van der Waals surface area contributed by atoms with Gasteiger partial charge in [0.15, 0.2) is 0 Å². The van der Waals surface area contributed by atoms with Gasteiger partial charge in [-0.05, 0) is 41.3 Å². The van der Waals surface area contributed by atoms with E-state index >= 15 is 0 Å². The predicted molar refractivity (Wildman–Crippen MR) is 62.4 cm³/mol. The molecule has 14 heavy (non-hydrogen) atoms. The highest BCUT2D eigenvalue weighted by molar-refractivity contribution is 9.10. The van der Waals surface area contributed by atoms with Crippen LogP contribution in [0.3, 0.4) is 0 Å². The van der Waals surface area contributed by atoms with Gasteiger partial charge in [-0.1, -0.05) is 12.8 Å². The van der Waals surface area contributed by atoms with E-state index in [-0.39, 0.29) is 0 Å². The largest absolute Gasteiger partial charge is 0.382 e. The zero-order valence-corrected chi connectivity index (χ0v) is 9.92. The Morgan fingerprint density at radius 1 is 1.64 bits per heavy atom. The van der Waals surface area contributed by atoms with Crippen molar-refractivity contribution < 1.29 is 0 Å². The Morgan fingerprint density at radius 2 is 2.43 bits per heavy atom. The quantitative estimate of drug-likeness (QED) is 0.891. The van der Waals surface area contributed by atoms with Crippen LogP contribution < -0.4 is 5.32 Å². The Balaban J connectivity index is 1.91. The van der Waals surface area contributed by atoms with Crippen LogP contribution in [0.1, 0.15) is 26.2 Å². The van der Waals surface area contributed by atoms with Crippen molar-refractivity contribution in [1.82, 2.24) is 4.98 Å². The summed E-state index contributed by atoms with van der Waals surface area (Å²) >= 11 is 3.48. The fourth-order valence-corrected chi connectivity index (χ4v) is 2.04. The van der Waals surface area contributed by atoms with Crippen molar-refractivity contribution in [2.75, 3.05) is 5.32 Å². The van der Waals surface area contributed by atoms with Crippen molar-refractivity contribution in [2.24, 2.45) is 5.92 Å². The predicted octanol–water partition coefficient (Wildman–Crippen LogP) is 3.44. The Bertz CT molecular complexity index is 310. The first-order valence-electron chi connectivity index (χ1n) is 5.12. The number of nitrogens with zero attached hydrogens (tertiary/aromatic N) is 1. The van der Waals surface area contributed by atoms with E-state index in [1.165, 1.54) is 19.3 Å². The molecule has 0 aliphatic heterocycles. The van der Waals surface area contributed by atoms with Gasteiger partial charge in [0.25, 0.3) is 0 Å². The number of nitrogens with one attached hydrogen (secondary N) is 1. The molecule has 1 aromatic heterocycles. The second-order valence-corrected chi connectivity index (χ2v) is 4.93. The van der Waals surface area contributed by atoms with Gasteiger partial charge in [0.2, 0.25) is 0 Å². The van der Waals surface area contributed by atoms with E-state index in [0.29, 0.717) is 6.04 Å². The van der Waals surface area contributed by atoms with Crippen LogP contribution in [0.25, 0.3) is 0 Å². The van der Waals surface area contributed by atoms with E-state index in [4.69, 9.17) is 0 Å². The maximum absolute atomic E-state index is 4.04. The molecule has 3 heteroatoms. The standard InChI is InChI=1S/C11H15BrN2/c1-8(6-9-2-3-9)14-11-4-5-13-7-10(11)12/h4-5,7-9H,2-3,6H2,1H3,(H,13,14). The molecule has 2 nitrogen and oxygen atoms in total. The Morgan fingerprint density at radius 3 is 3.07 bits per heavy atom. The molecule has 1 aliphatic carbocycles. The second kappa shape index (κ2) is 4.30. The van der Waals surface area contributed by atoms with E-state index in [1.54, 1.807) is 0 Å². The summed E-state index contributed by atoms with van der Waals surface area (Å²) in [5.41, 5.74) is 1.15. The van der Waals surface area contributed by atoms with Crippen molar-refractivity contribution in [3.63, 3.8) is 0 Å². The minimum Gasteiger partial charge on any atom is -0.382 e. The number of aromatic nitrogens is 1. The number of anilines is 1. The molecule has 1 unspecified atom stereocenters. The summed E-state index contributed by atoms with van der Waals surface area (Å²) in [5, 5.41) is 3.49. The topological polar surface area (TPSA) is 24.9 Å². The summed E-state index contributed by atoms with van der Waals surface area (Å²) in [7, 11) is 0. The van der Waals surface area contributed by atoms with E-state index in [0.717, 1.165) is 16.1 Å². The SMILES string of the molecule is CC(CC1CC1)Nc1ccncc1Br. The average molecular weight is 255 g/mol. The second-order valence-electron chi connectivity index (χ2n) is 4.08. The molecule has 0 radical (unpaired) electrons. The molecule has 1 fully saturated rings. The van der Waals surface area contributed by atoms with Crippen LogP contribution in [0.2, 0.25) is 0 Å². The maximum atomic E-state index is 4.04. The van der Waals surface area contributed by atoms with Crippen molar-refractivity contribution in [3.05, 3.63) is 22.9 Å². The summed E-state index contributed by atoms with van der Waals surface area (Å²) in [6.45, 7) is 2.24. The molecule has 1 aromatic rings. The van der Waals surface area contributed by atoms with E-state index in [2.05, 4.69) is 33.2 Å². The number of hydrogen-bond donors (Lipinski definition) is 1. The molecule has 1 saturated carbocycles. The van der Waals surface area contributed by atoms with Crippen LogP contribution in [-0.2, 0) is 0 Å². The molecule has 1 aliphatic rings. The Kier molecular flexibility index (Phi) is 3.06. The summed E-state index contributed by atoms with van der Waals surface area (Å²) < 4.78 is 1.04. The first kappa shape index (κ1) is 9.97. The lowest BCUT2D eigenvalue weighted by molar-refractivity contribution is 0.642. The third kappa shape index (κ3) is 2.71. The molecule has 0 aromatic carbocycles. The first-order valence-corrected chi connectivity index (χ1v) is 5.91. The van der Waals surface area contributed by atoms with Gasteiger partial charge in [0.05, 0.1) is 10.2 Å². The lowest BCUT2D eigenvalue weighted by Gasteiger charge is -2.15. The van der Waals surface area contributed by atoms with E-state index in [9.17, 15) is 0 Å². The Hall–Kier alpha value is -0.570. The molecule has 1 heterocycles. The van der Waals surface area contributed by atoms with Gasteiger partial charge in [0.1, 0.15) is 0 Å². The monoisotopic (exact) mass is 254 g/mol. The molecule has 0 saturated heterocycles. The molecule has 2 rings (SSSR count). The van der Waals surface area contributed by atoms with Crippen LogP contribution in [0.15, 0.2) is 22.9 Å². The van der Waals surface area contributed by atoms with E-state index < -0.39 is 0 Å².